The molecule has 0 aromatic carbocycles. The Morgan fingerprint density at radius 3 is 2.82 bits per heavy atom. The lowest BCUT2D eigenvalue weighted by atomic mass is 10.1. The Kier molecular flexibility index (Phi) is 5.15. The molecule has 1 aromatic rings. The van der Waals surface area contributed by atoms with Gasteiger partial charge in [0.2, 0.25) is 0 Å². The molecule has 0 spiro atoms. The minimum Gasteiger partial charge on any atom is -0.348 e. The van der Waals surface area contributed by atoms with Crippen LogP contribution in [0.25, 0.3) is 0 Å². The number of nitrogens with two attached hydrogens (primary N) is 1. The fourth-order valence-electron chi connectivity index (χ4n) is 1.79. The highest BCUT2D eigenvalue weighted by Gasteiger charge is 2.15. The molecule has 1 rings (SSSR count). The molecule has 0 radical (unpaired) electrons. The molecule has 17 heavy (non-hydrogen) atoms. The summed E-state index contributed by atoms with van der Waals surface area (Å²) in [4.78, 5) is 12.0. The van der Waals surface area contributed by atoms with Gasteiger partial charge in [-0.3, -0.25) is 9.48 Å². The molecule has 96 valence electrons. The highest BCUT2D eigenvalue weighted by atomic mass is 16.1. The van der Waals surface area contributed by atoms with E-state index in [2.05, 4.69) is 17.3 Å². The zero-order chi connectivity index (χ0) is 12.8. The molecular weight excluding hydrogens is 216 g/mol. The van der Waals surface area contributed by atoms with Gasteiger partial charge in [-0.1, -0.05) is 19.8 Å². The average Bonchev–Trinajstić information content (AvgIpc) is 2.63. The molecule has 5 heteroatoms. The summed E-state index contributed by atoms with van der Waals surface area (Å²) in [6.07, 6.45) is 4.85. The number of hydrogen-bond donors (Lipinski definition) is 2. The van der Waals surface area contributed by atoms with Crippen LogP contribution in [0, 0.1) is 6.92 Å². The van der Waals surface area contributed by atoms with Gasteiger partial charge in [0.25, 0.3) is 5.91 Å². The second kappa shape index (κ2) is 6.39. The number of nitrogens with zero attached hydrogens (tertiary/aromatic N) is 2. The van der Waals surface area contributed by atoms with Crippen molar-refractivity contribution in [1.82, 2.24) is 15.1 Å². The molecule has 5 nitrogen and oxygen atoms in total. The van der Waals surface area contributed by atoms with Crippen molar-refractivity contribution >= 4 is 5.91 Å². The molecule has 0 fully saturated rings. The minimum absolute atomic E-state index is 0.0575. The number of amides is 1. The number of unbranched alkanes of at least 4 members (excludes halogenated alkanes) is 1. The highest BCUT2D eigenvalue weighted by Crippen LogP contribution is 2.06. The number of nitrogens with one attached hydrogen (secondary N) is 1. The molecular formula is C12H22N4O. The van der Waals surface area contributed by atoms with Crippen LogP contribution in [0.3, 0.4) is 0 Å². The standard InChI is InChI=1S/C12H22N4O/c1-4-5-6-10(7-13)14-12(17)11-8-16(3)15-9(11)2/h8,10H,4-7,13H2,1-3H3,(H,14,17). The van der Waals surface area contributed by atoms with Gasteiger partial charge < -0.3 is 11.1 Å². The van der Waals surface area contributed by atoms with E-state index in [9.17, 15) is 4.79 Å². The van der Waals surface area contributed by atoms with Crippen molar-refractivity contribution in [3.05, 3.63) is 17.5 Å². The summed E-state index contributed by atoms with van der Waals surface area (Å²) in [6.45, 7) is 4.43. The molecule has 0 aliphatic heterocycles. The van der Waals surface area contributed by atoms with Crippen LogP contribution in [0.2, 0.25) is 0 Å². The maximum absolute atomic E-state index is 12.0. The lowest BCUT2D eigenvalue weighted by Gasteiger charge is -2.15. The van der Waals surface area contributed by atoms with Crippen LogP contribution in [0.1, 0.15) is 42.2 Å². The maximum atomic E-state index is 12.0. The van der Waals surface area contributed by atoms with E-state index in [4.69, 9.17) is 5.73 Å². The summed E-state index contributed by atoms with van der Waals surface area (Å²) in [5.41, 5.74) is 7.02. The topological polar surface area (TPSA) is 72.9 Å². The van der Waals surface area contributed by atoms with E-state index in [1.165, 1.54) is 0 Å². The third-order valence-electron chi connectivity index (χ3n) is 2.78. The monoisotopic (exact) mass is 238 g/mol. The number of carbonyl (C=O) groups is 1. The first kappa shape index (κ1) is 13.7. The molecule has 1 amide bonds. The molecule has 1 unspecified atom stereocenters. The Morgan fingerprint density at radius 1 is 1.65 bits per heavy atom. The first-order valence-corrected chi connectivity index (χ1v) is 6.09. The smallest absolute Gasteiger partial charge is 0.255 e. The van der Waals surface area contributed by atoms with Gasteiger partial charge in [-0.15, -0.1) is 0 Å². The van der Waals surface area contributed by atoms with Gasteiger partial charge in [-0.2, -0.15) is 5.10 Å². The van der Waals surface area contributed by atoms with Crippen LogP contribution >= 0.6 is 0 Å². The van der Waals surface area contributed by atoms with Crippen LogP contribution in [-0.2, 0) is 7.05 Å². The van der Waals surface area contributed by atoms with Crippen molar-refractivity contribution < 1.29 is 4.79 Å². The molecule has 0 bridgehead atoms. The van der Waals surface area contributed by atoms with Gasteiger partial charge in [0, 0.05) is 25.8 Å². The van der Waals surface area contributed by atoms with Crippen molar-refractivity contribution in [2.75, 3.05) is 6.54 Å². The minimum atomic E-state index is -0.0813. The van der Waals surface area contributed by atoms with Crippen LogP contribution in [0.4, 0.5) is 0 Å². The molecule has 1 heterocycles. The number of aromatic nitrogens is 2. The summed E-state index contributed by atoms with van der Waals surface area (Å²) in [5, 5.41) is 7.11. The van der Waals surface area contributed by atoms with Gasteiger partial charge in [-0.05, 0) is 13.3 Å². The summed E-state index contributed by atoms with van der Waals surface area (Å²) < 4.78 is 1.65. The predicted molar refractivity (Wildman–Crippen MR) is 67.8 cm³/mol. The second-order valence-electron chi connectivity index (χ2n) is 4.35. The Balaban J connectivity index is 2.61. The van der Waals surface area contributed by atoms with Crippen LogP contribution in [-0.4, -0.2) is 28.3 Å². The van der Waals surface area contributed by atoms with E-state index in [0.717, 1.165) is 25.0 Å². The van der Waals surface area contributed by atoms with E-state index in [-0.39, 0.29) is 11.9 Å². The Hall–Kier alpha value is -1.36. The predicted octanol–water partition coefficient (Wildman–Crippen LogP) is 0.976. The summed E-state index contributed by atoms with van der Waals surface area (Å²) in [6, 6.07) is 0.0575. The first-order valence-electron chi connectivity index (χ1n) is 6.09. The Bertz CT molecular complexity index is 373. The van der Waals surface area contributed by atoms with E-state index in [0.29, 0.717) is 12.1 Å². The van der Waals surface area contributed by atoms with Crippen LogP contribution < -0.4 is 11.1 Å². The SMILES string of the molecule is CCCCC(CN)NC(=O)c1cn(C)nc1C. The number of carbonyl (C=O) groups excluding carboxylic acids is 1. The van der Waals surface area contributed by atoms with Gasteiger partial charge in [-0.25, -0.2) is 0 Å². The molecule has 0 saturated carbocycles. The fraction of sp³-hybridized carbons (Fsp3) is 0.667. The molecule has 1 atom stereocenters. The van der Waals surface area contributed by atoms with Gasteiger partial charge in [0.15, 0.2) is 0 Å². The lowest BCUT2D eigenvalue weighted by molar-refractivity contribution is 0.0935. The van der Waals surface area contributed by atoms with E-state index >= 15 is 0 Å². The number of rotatable bonds is 6. The second-order valence-corrected chi connectivity index (χ2v) is 4.35. The number of hydrogen-bond acceptors (Lipinski definition) is 3. The quantitative estimate of drug-likeness (QED) is 0.775. The Labute approximate surface area is 102 Å². The normalized spacial score (nSPS) is 12.5. The highest BCUT2D eigenvalue weighted by molar-refractivity contribution is 5.95. The van der Waals surface area contributed by atoms with E-state index < -0.39 is 0 Å². The lowest BCUT2D eigenvalue weighted by Crippen LogP contribution is -2.40. The molecule has 1 aromatic heterocycles. The summed E-state index contributed by atoms with van der Waals surface area (Å²) in [7, 11) is 1.81. The van der Waals surface area contributed by atoms with Crippen molar-refractivity contribution in [3.8, 4) is 0 Å². The van der Waals surface area contributed by atoms with Crippen molar-refractivity contribution in [3.63, 3.8) is 0 Å². The van der Waals surface area contributed by atoms with Crippen molar-refractivity contribution in [2.45, 2.75) is 39.2 Å². The molecule has 0 saturated heterocycles. The average molecular weight is 238 g/mol. The zero-order valence-electron chi connectivity index (χ0n) is 10.9. The van der Waals surface area contributed by atoms with Gasteiger partial charge in [0.1, 0.15) is 0 Å². The molecule has 3 N–H and O–H groups in total. The summed E-state index contributed by atoms with van der Waals surface area (Å²) in [5.74, 6) is -0.0813. The van der Waals surface area contributed by atoms with Crippen LogP contribution in [0.15, 0.2) is 6.20 Å². The van der Waals surface area contributed by atoms with E-state index in [1.807, 2.05) is 6.92 Å². The maximum Gasteiger partial charge on any atom is 0.255 e. The zero-order valence-corrected chi connectivity index (χ0v) is 10.9. The molecule has 0 aliphatic carbocycles. The van der Waals surface area contributed by atoms with E-state index in [1.54, 1.807) is 17.9 Å². The third-order valence-corrected chi connectivity index (χ3v) is 2.78. The Morgan fingerprint density at radius 2 is 2.35 bits per heavy atom. The fourth-order valence-corrected chi connectivity index (χ4v) is 1.79. The van der Waals surface area contributed by atoms with Gasteiger partial charge >= 0.3 is 0 Å². The number of aryl methyl sites for hydroxylation is 2. The largest absolute Gasteiger partial charge is 0.348 e. The van der Waals surface area contributed by atoms with Gasteiger partial charge in [0.05, 0.1) is 11.3 Å². The third kappa shape index (κ3) is 3.85. The first-order chi connectivity index (χ1) is 8.08. The van der Waals surface area contributed by atoms with Crippen molar-refractivity contribution in [2.24, 2.45) is 12.8 Å². The summed E-state index contributed by atoms with van der Waals surface area (Å²) >= 11 is 0. The molecule has 0 aliphatic rings. The van der Waals surface area contributed by atoms with Crippen molar-refractivity contribution in [1.29, 1.82) is 0 Å². The van der Waals surface area contributed by atoms with Crippen LogP contribution in [0.5, 0.6) is 0 Å².